The number of carbonyl (C=O) groups excluding carboxylic acids is 1. The van der Waals surface area contributed by atoms with E-state index in [0.717, 1.165) is 48.9 Å². The van der Waals surface area contributed by atoms with Gasteiger partial charge in [-0.05, 0) is 61.6 Å². The number of aliphatic carboxylic acids is 1. The Hall–Kier alpha value is -2.47. The Morgan fingerprint density at radius 2 is 1.97 bits per heavy atom. The number of hydrogen-bond donors (Lipinski definition) is 2. The predicted octanol–water partition coefficient (Wildman–Crippen LogP) is 4.59. The predicted molar refractivity (Wildman–Crippen MR) is 125 cm³/mol. The van der Waals surface area contributed by atoms with Crippen LogP contribution in [0.25, 0.3) is 0 Å². The molecule has 0 heterocycles. The molecule has 0 spiro atoms. The average Bonchev–Trinajstić information content (AvgIpc) is 2.74. The van der Waals surface area contributed by atoms with Crippen molar-refractivity contribution in [3.8, 4) is 0 Å². The minimum absolute atomic E-state index is 0.0940. The molecule has 1 aromatic rings. The second-order valence-corrected chi connectivity index (χ2v) is 9.36. The first-order chi connectivity index (χ1) is 14.7. The van der Waals surface area contributed by atoms with E-state index >= 15 is 0 Å². The number of amides is 1. The van der Waals surface area contributed by atoms with Crippen LogP contribution in [0, 0.1) is 11.3 Å². The van der Waals surface area contributed by atoms with E-state index in [1.54, 1.807) is 5.01 Å². The highest BCUT2D eigenvalue weighted by atomic mass is 16.4. The maximum absolute atomic E-state index is 11.9. The summed E-state index contributed by atoms with van der Waals surface area (Å²) in [6.07, 6.45) is 8.97. The molecule has 6 heteroatoms. The molecule has 0 atom stereocenters. The van der Waals surface area contributed by atoms with Crippen LogP contribution in [-0.2, 0) is 16.1 Å². The number of hydrogen-bond acceptors (Lipinski definition) is 4. The average molecular weight is 428 g/mol. The van der Waals surface area contributed by atoms with Gasteiger partial charge in [0.05, 0.1) is 18.2 Å². The molecule has 1 aromatic carbocycles. The summed E-state index contributed by atoms with van der Waals surface area (Å²) >= 11 is 0. The second-order valence-electron chi connectivity index (χ2n) is 9.36. The van der Waals surface area contributed by atoms with Crippen molar-refractivity contribution in [3.63, 3.8) is 0 Å². The van der Waals surface area contributed by atoms with Crippen LogP contribution >= 0.6 is 0 Å². The number of carboxylic acid groups (broad SMARTS) is 1. The van der Waals surface area contributed by atoms with Crippen molar-refractivity contribution in [1.29, 1.82) is 0 Å². The first kappa shape index (κ1) is 24.8. The molecule has 2 rings (SSSR count). The van der Waals surface area contributed by atoms with Crippen molar-refractivity contribution in [3.05, 3.63) is 47.5 Å². The fourth-order valence-corrected chi connectivity index (χ4v) is 4.14. The smallest absolute Gasteiger partial charge is 0.304 e. The third-order valence-corrected chi connectivity index (χ3v) is 6.02. The molecule has 1 amide bonds. The van der Waals surface area contributed by atoms with E-state index in [9.17, 15) is 9.59 Å². The van der Waals surface area contributed by atoms with Crippen molar-refractivity contribution in [1.82, 2.24) is 10.3 Å². The number of carbonyl (C=O) groups is 2. The Bertz CT molecular complexity index is 787. The molecule has 0 bridgehead atoms. The Labute approximate surface area is 186 Å². The number of nitrogens with one attached hydrogen (secondary N) is 1. The molecule has 1 saturated carbocycles. The summed E-state index contributed by atoms with van der Waals surface area (Å²) in [6.45, 7) is 9.82. The summed E-state index contributed by atoms with van der Waals surface area (Å²) < 4.78 is 0. The molecule has 0 radical (unpaired) electrons. The quantitative estimate of drug-likeness (QED) is 0.248. The van der Waals surface area contributed by atoms with Gasteiger partial charge in [0.15, 0.2) is 0 Å². The zero-order valence-electron chi connectivity index (χ0n) is 19.3. The summed E-state index contributed by atoms with van der Waals surface area (Å²) in [5, 5.41) is 18.2. The van der Waals surface area contributed by atoms with Crippen molar-refractivity contribution in [2.75, 3.05) is 6.54 Å². The van der Waals surface area contributed by atoms with Crippen LogP contribution in [0.1, 0.15) is 70.9 Å². The highest BCUT2D eigenvalue weighted by Crippen LogP contribution is 2.38. The van der Waals surface area contributed by atoms with Crippen LogP contribution in [0.4, 0.5) is 0 Å². The van der Waals surface area contributed by atoms with Crippen LogP contribution in [0.2, 0.25) is 0 Å². The van der Waals surface area contributed by atoms with E-state index in [-0.39, 0.29) is 12.5 Å². The SMILES string of the molecule is C/C=C\C(=N/N(C=O)C1CCC(C(C)(C)C)CC1)c1cccc(CNCCC(=O)O)c1. The molecular weight excluding hydrogens is 390 g/mol. The van der Waals surface area contributed by atoms with Gasteiger partial charge in [-0.25, -0.2) is 5.01 Å². The van der Waals surface area contributed by atoms with Gasteiger partial charge in [-0.2, -0.15) is 5.10 Å². The van der Waals surface area contributed by atoms with Gasteiger partial charge in [-0.15, -0.1) is 0 Å². The molecule has 0 saturated heterocycles. The normalized spacial score (nSPS) is 20.1. The molecule has 0 unspecified atom stereocenters. The van der Waals surface area contributed by atoms with Gasteiger partial charge in [0.25, 0.3) is 0 Å². The zero-order chi connectivity index (χ0) is 22.9. The molecule has 2 N–H and O–H groups in total. The zero-order valence-corrected chi connectivity index (χ0v) is 19.3. The third-order valence-electron chi connectivity index (χ3n) is 6.02. The largest absolute Gasteiger partial charge is 0.481 e. The standard InChI is InChI=1S/C25H37N3O3/c1-5-7-23(20-9-6-8-19(16-20)17-26-15-14-24(30)31)27-28(18-29)22-12-10-21(11-13-22)25(2,3)4/h5-9,16,18,21-22,26H,10-15,17H2,1-4H3,(H,30,31)/b7-5-,27-23+. The van der Waals surface area contributed by atoms with E-state index < -0.39 is 5.97 Å². The molecule has 170 valence electrons. The van der Waals surface area contributed by atoms with Crippen LogP contribution in [0.3, 0.4) is 0 Å². The van der Waals surface area contributed by atoms with Gasteiger partial charge in [0.2, 0.25) is 6.41 Å². The van der Waals surface area contributed by atoms with E-state index in [2.05, 4.69) is 26.1 Å². The molecule has 31 heavy (non-hydrogen) atoms. The minimum Gasteiger partial charge on any atom is -0.481 e. The highest BCUT2D eigenvalue weighted by molar-refractivity contribution is 6.08. The van der Waals surface area contributed by atoms with E-state index in [4.69, 9.17) is 10.2 Å². The number of carboxylic acids is 1. The minimum atomic E-state index is -0.811. The Kier molecular flexibility index (Phi) is 9.44. The molecule has 1 aliphatic rings. The first-order valence-electron chi connectivity index (χ1n) is 11.2. The lowest BCUT2D eigenvalue weighted by molar-refractivity contribution is -0.136. The Morgan fingerprint density at radius 1 is 1.26 bits per heavy atom. The molecule has 6 nitrogen and oxygen atoms in total. The fourth-order valence-electron chi connectivity index (χ4n) is 4.14. The summed E-state index contributed by atoms with van der Waals surface area (Å²) in [6, 6.07) is 8.11. The number of nitrogens with zero attached hydrogens (tertiary/aromatic N) is 2. The van der Waals surface area contributed by atoms with Gasteiger partial charge >= 0.3 is 5.97 Å². The van der Waals surface area contributed by atoms with Gasteiger partial charge < -0.3 is 10.4 Å². The first-order valence-corrected chi connectivity index (χ1v) is 11.2. The number of rotatable bonds is 10. The van der Waals surface area contributed by atoms with Gasteiger partial charge in [-0.1, -0.05) is 45.0 Å². The molecule has 1 aliphatic carbocycles. The molecule has 1 fully saturated rings. The second kappa shape index (κ2) is 11.8. The van der Waals surface area contributed by atoms with Crippen molar-refractivity contribution >= 4 is 18.1 Å². The van der Waals surface area contributed by atoms with Crippen LogP contribution < -0.4 is 5.32 Å². The Balaban J connectivity index is 2.12. The van der Waals surface area contributed by atoms with Crippen LogP contribution in [-0.4, -0.2) is 40.8 Å². The van der Waals surface area contributed by atoms with Crippen LogP contribution in [0.15, 0.2) is 41.5 Å². The number of benzene rings is 1. The topological polar surface area (TPSA) is 82.0 Å². The molecule has 0 aromatic heterocycles. The van der Waals surface area contributed by atoms with E-state index in [1.807, 2.05) is 43.3 Å². The van der Waals surface area contributed by atoms with E-state index in [1.165, 1.54) is 0 Å². The number of hydrazone groups is 1. The lowest BCUT2D eigenvalue weighted by Gasteiger charge is -2.38. The van der Waals surface area contributed by atoms with Crippen molar-refractivity contribution in [2.24, 2.45) is 16.4 Å². The monoisotopic (exact) mass is 427 g/mol. The van der Waals surface area contributed by atoms with E-state index in [0.29, 0.717) is 24.4 Å². The lowest BCUT2D eigenvalue weighted by atomic mass is 9.71. The summed E-state index contributed by atoms with van der Waals surface area (Å²) in [4.78, 5) is 22.5. The molecule has 0 aliphatic heterocycles. The van der Waals surface area contributed by atoms with Crippen molar-refractivity contribution in [2.45, 2.75) is 72.4 Å². The van der Waals surface area contributed by atoms with Crippen LogP contribution in [0.5, 0.6) is 0 Å². The van der Waals surface area contributed by atoms with Gasteiger partial charge in [-0.3, -0.25) is 9.59 Å². The summed E-state index contributed by atoms with van der Waals surface area (Å²) in [5.41, 5.74) is 3.03. The fraction of sp³-hybridized carbons (Fsp3) is 0.560. The highest BCUT2D eigenvalue weighted by Gasteiger charge is 2.31. The van der Waals surface area contributed by atoms with Crippen molar-refractivity contribution < 1.29 is 14.7 Å². The Morgan fingerprint density at radius 3 is 2.55 bits per heavy atom. The molecular formula is C25H37N3O3. The maximum atomic E-state index is 11.9. The summed E-state index contributed by atoms with van der Waals surface area (Å²) in [5.74, 6) is -0.129. The third kappa shape index (κ3) is 7.94. The number of allylic oxidation sites excluding steroid dienone is 2. The maximum Gasteiger partial charge on any atom is 0.304 e. The van der Waals surface area contributed by atoms with Gasteiger partial charge in [0.1, 0.15) is 0 Å². The van der Waals surface area contributed by atoms with Gasteiger partial charge in [0, 0.05) is 18.7 Å². The summed E-state index contributed by atoms with van der Waals surface area (Å²) in [7, 11) is 0. The lowest BCUT2D eigenvalue weighted by Crippen LogP contribution is -2.37.